The van der Waals surface area contributed by atoms with Crippen LogP contribution in [0.1, 0.15) is 5.56 Å². The predicted octanol–water partition coefficient (Wildman–Crippen LogP) is 4.20. The van der Waals surface area contributed by atoms with Crippen LogP contribution in [0.4, 0.5) is 18.9 Å². The third-order valence-electron chi connectivity index (χ3n) is 3.62. The molecule has 0 saturated heterocycles. The fraction of sp³-hybridized carbons (Fsp3) is 0.125. The third kappa shape index (κ3) is 2.87. The van der Waals surface area contributed by atoms with Gasteiger partial charge in [0.15, 0.2) is 0 Å². The number of nitrogens with one attached hydrogen (secondary N) is 1. The first kappa shape index (κ1) is 15.7. The molecule has 0 bridgehead atoms. The second-order valence-corrected chi connectivity index (χ2v) is 5.44. The van der Waals surface area contributed by atoms with Gasteiger partial charge in [-0.15, -0.1) is 4.53 Å². The minimum absolute atomic E-state index is 0.0761. The van der Waals surface area contributed by atoms with Gasteiger partial charge >= 0.3 is 0 Å². The van der Waals surface area contributed by atoms with Gasteiger partial charge in [0.05, 0.1) is 17.8 Å². The van der Waals surface area contributed by atoms with E-state index >= 15 is 0 Å². The van der Waals surface area contributed by atoms with Crippen molar-refractivity contribution in [2.45, 2.75) is 0 Å². The summed E-state index contributed by atoms with van der Waals surface area (Å²) >= 11 is 6.05. The number of halogens is 4. The van der Waals surface area contributed by atoms with Gasteiger partial charge in [-0.2, -0.15) is 0 Å². The van der Waals surface area contributed by atoms with Crippen LogP contribution in [0.25, 0.3) is 5.57 Å². The smallest absolute Gasteiger partial charge is 0.146 e. The average molecular weight is 340 g/mol. The maximum absolute atomic E-state index is 14.1. The van der Waals surface area contributed by atoms with Crippen molar-refractivity contribution >= 4 is 23.0 Å². The van der Waals surface area contributed by atoms with Crippen LogP contribution < -0.4 is 5.32 Å². The highest BCUT2D eigenvalue weighted by Crippen LogP contribution is 2.34. The van der Waals surface area contributed by atoms with E-state index in [1.165, 1.54) is 39.9 Å². The van der Waals surface area contributed by atoms with E-state index in [-0.39, 0.29) is 17.8 Å². The van der Waals surface area contributed by atoms with Crippen LogP contribution in [0, 0.1) is 17.5 Å². The van der Waals surface area contributed by atoms with Crippen LogP contribution in [0.5, 0.6) is 0 Å². The SMILES string of the molecule is CN1C(Nc2ccccc2F)=C(c2c(F)cccc2F)CN1Cl. The zero-order valence-electron chi connectivity index (χ0n) is 12.2. The number of hydrazine groups is 1. The van der Waals surface area contributed by atoms with Crippen molar-refractivity contribution in [3.63, 3.8) is 0 Å². The molecule has 0 fully saturated rings. The fourth-order valence-electron chi connectivity index (χ4n) is 2.45. The van der Waals surface area contributed by atoms with Gasteiger partial charge in [-0.05, 0) is 24.3 Å². The first-order chi connectivity index (χ1) is 11.0. The lowest BCUT2D eigenvalue weighted by Crippen LogP contribution is -2.28. The van der Waals surface area contributed by atoms with Crippen molar-refractivity contribution in [3.05, 3.63) is 71.3 Å². The average Bonchev–Trinajstić information content (AvgIpc) is 2.78. The van der Waals surface area contributed by atoms with Crippen molar-refractivity contribution in [2.24, 2.45) is 0 Å². The Bertz CT molecular complexity index is 759. The summed E-state index contributed by atoms with van der Waals surface area (Å²) in [5.74, 6) is -1.56. The molecule has 0 aromatic heterocycles. The molecule has 0 unspecified atom stereocenters. The second-order valence-electron chi connectivity index (χ2n) is 5.05. The summed E-state index contributed by atoms with van der Waals surface area (Å²) in [7, 11) is 1.61. The molecule has 0 aliphatic carbocycles. The molecule has 1 heterocycles. The molecule has 2 aromatic rings. The number of rotatable bonds is 3. The van der Waals surface area contributed by atoms with E-state index in [1.54, 1.807) is 19.2 Å². The number of hydrogen-bond acceptors (Lipinski definition) is 3. The number of benzene rings is 2. The molecule has 120 valence electrons. The number of para-hydroxylation sites is 1. The minimum Gasteiger partial charge on any atom is -0.338 e. The molecule has 0 amide bonds. The van der Waals surface area contributed by atoms with Gasteiger partial charge in [-0.3, -0.25) is 5.01 Å². The highest BCUT2D eigenvalue weighted by molar-refractivity contribution is 6.14. The monoisotopic (exact) mass is 339 g/mol. The Balaban J connectivity index is 2.10. The van der Waals surface area contributed by atoms with E-state index in [0.717, 1.165) is 0 Å². The normalized spacial score (nSPS) is 15.4. The lowest BCUT2D eigenvalue weighted by Gasteiger charge is -2.22. The largest absolute Gasteiger partial charge is 0.338 e. The standard InChI is InChI=1S/C16H13ClF3N3/c1-22-16(21-14-8-3-2-5-11(14)18)10(9-23(22)17)15-12(19)6-4-7-13(15)20/h2-8,21H,9H2,1H3. The highest BCUT2D eigenvalue weighted by atomic mass is 35.5. The zero-order valence-corrected chi connectivity index (χ0v) is 12.9. The molecular formula is C16H13ClF3N3. The van der Waals surface area contributed by atoms with Crippen LogP contribution in [0.15, 0.2) is 48.3 Å². The fourth-order valence-corrected chi connectivity index (χ4v) is 2.64. The maximum Gasteiger partial charge on any atom is 0.146 e. The number of nitrogens with zero attached hydrogens (tertiary/aromatic N) is 2. The van der Waals surface area contributed by atoms with E-state index in [1.807, 2.05) is 0 Å². The molecule has 1 aliphatic rings. The quantitative estimate of drug-likeness (QED) is 0.845. The number of hydrogen-bond donors (Lipinski definition) is 1. The molecule has 0 spiro atoms. The molecule has 23 heavy (non-hydrogen) atoms. The second kappa shape index (κ2) is 6.14. The van der Waals surface area contributed by atoms with Gasteiger partial charge in [-0.25, -0.2) is 13.2 Å². The van der Waals surface area contributed by atoms with Crippen LogP contribution in [0.2, 0.25) is 0 Å². The van der Waals surface area contributed by atoms with Gasteiger partial charge in [0, 0.05) is 24.4 Å². The van der Waals surface area contributed by atoms with Crippen LogP contribution in [-0.4, -0.2) is 23.1 Å². The maximum atomic E-state index is 14.1. The summed E-state index contributed by atoms with van der Waals surface area (Å²) in [6, 6.07) is 9.66. The summed E-state index contributed by atoms with van der Waals surface area (Å²) < 4.78 is 43.3. The molecule has 7 heteroatoms. The van der Waals surface area contributed by atoms with Gasteiger partial charge in [-0.1, -0.05) is 18.2 Å². The van der Waals surface area contributed by atoms with E-state index in [9.17, 15) is 13.2 Å². The van der Waals surface area contributed by atoms with Gasteiger partial charge in [0.1, 0.15) is 23.3 Å². The Kier molecular flexibility index (Phi) is 4.19. The summed E-state index contributed by atoms with van der Waals surface area (Å²) in [5, 5.41) is 4.33. The molecule has 3 nitrogen and oxygen atoms in total. The van der Waals surface area contributed by atoms with E-state index < -0.39 is 17.5 Å². The van der Waals surface area contributed by atoms with Gasteiger partial charge in [0.2, 0.25) is 0 Å². The number of anilines is 1. The molecule has 0 radical (unpaired) electrons. The van der Waals surface area contributed by atoms with Crippen LogP contribution in [-0.2, 0) is 0 Å². The summed E-state index contributed by atoms with van der Waals surface area (Å²) in [4.78, 5) is 0. The van der Waals surface area contributed by atoms with E-state index in [4.69, 9.17) is 11.8 Å². The molecule has 0 saturated carbocycles. The van der Waals surface area contributed by atoms with Crippen LogP contribution in [0.3, 0.4) is 0 Å². The Morgan fingerprint density at radius 2 is 1.57 bits per heavy atom. The first-order valence-electron chi connectivity index (χ1n) is 6.85. The first-order valence-corrected chi connectivity index (χ1v) is 7.19. The van der Waals surface area contributed by atoms with Gasteiger partial charge in [0.25, 0.3) is 0 Å². The Hall–Kier alpha value is -2.18. The molecule has 0 atom stereocenters. The highest BCUT2D eigenvalue weighted by Gasteiger charge is 2.30. The predicted molar refractivity (Wildman–Crippen MR) is 83.6 cm³/mol. The minimum atomic E-state index is -0.701. The Morgan fingerprint density at radius 3 is 2.22 bits per heavy atom. The Morgan fingerprint density at radius 1 is 0.957 bits per heavy atom. The van der Waals surface area contributed by atoms with Crippen molar-refractivity contribution in [2.75, 3.05) is 18.9 Å². The topological polar surface area (TPSA) is 18.5 Å². The molecular weight excluding hydrogens is 327 g/mol. The summed E-state index contributed by atoms with van der Waals surface area (Å²) in [5.41, 5.74) is 0.318. The third-order valence-corrected chi connectivity index (χ3v) is 3.96. The molecule has 2 aromatic carbocycles. The van der Waals surface area contributed by atoms with Crippen molar-refractivity contribution in [3.8, 4) is 0 Å². The van der Waals surface area contributed by atoms with Crippen molar-refractivity contribution < 1.29 is 13.2 Å². The van der Waals surface area contributed by atoms with Crippen molar-refractivity contribution in [1.82, 2.24) is 9.54 Å². The zero-order chi connectivity index (χ0) is 16.6. The van der Waals surface area contributed by atoms with E-state index in [0.29, 0.717) is 11.4 Å². The summed E-state index contributed by atoms with van der Waals surface area (Å²) in [6.45, 7) is 0.0761. The molecule has 1 aliphatic heterocycles. The van der Waals surface area contributed by atoms with E-state index in [2.05, 4.69) is 5.32 Å². The molecule has 3 rings (SSSR count). The van der Waals surface area contributed by atoms with Crippen LogP contribution >= 0.6 is 11.8 Å². The van der Waals surface area contributed by atoms with Crippen molar-refractivity contribution in [1.29, 1.82) is 0 Å². The summed E-state index contributed by atoms with van der Waals surface area (Å²) in [6.07, 6.45) is 0. The Labute approximate surface area is 136 Å². The lowest BCUT2D eigenvalue weighted by atomic mass is 10.0. The lowest BCUT2D eigenvalue weighted by molar-refractivity contribution is 0.186. The molecule has 1 N–H and O–H groups in total. The van der Waals surface area contributed by atoms with Gasteiger partial charge < -0.3 is 5.32 Å².